The third-order valence-electron chi connectivity index (χ3n) is 3.46. The van der Waals surface area contributed by atoms with Crippen LogP contribution in [0.15, 0.2) is 16.7 Å². The van der Waals surface area contributed by atoms with Gasteiger partial charge in [0.25, 0.3) is 5.89 Å². The van der Waals surface area contributed by atoms with Crippen LogP contribution in [0.5, 0.6) is 5.75 Å². The molecule has 0 radical (unpaired) electrons. The van der Waals surface area contributed by atoms with Gasteiger partial charge in [0.15, 0.2) is 5.82 Å². The molecule has 6 heteroatoms. The number of benzene rings is 1. The molecule has 2 N–H and O–H groups in total. The number of hydrogen-bond donors (Lipinski definition) is 1. The van der Waals surface area contributed by atoms with Crippen molar-refractivity contribution in [3.8, 4) is 17.2 Å². The van der Waals surface area contributed by atoms with Crippen LogP contribution >= 0.6 is 11.6 Å². The summed E-state index contributed by atoms with van der Waals surface area (Å²) in [5, 5.41) is 4.47. The van der Waals surface area contributed by atoms with E-state index in [9.17, 15) is 0 Å². The number of anilines is 1. The molecule has 1 aromatic heterocycles. The van der Waals surface area contributed by atoms with E-state index in [0.29, 0.717) is 33.8 Å². The van der Waals surface area contributed by atoms with E-state index in [1.807, 2.05) is 0 Å². The molecule has 0 aliphatic heterocycles. The second-order valence-corrected chi connectivity index (χ2v) is 5.07. The number of hydrogen-bond acceptors (Lipinski definition) is 5. The number of aromatic nitrogens is 2. The summed E-state index contributed by atoms with van der Waals surface area (Å²) in [6, 6.07) is 3.35. The van der Waals surface area contributed by atoms with Crippen LogP contribution in [0, 0.1) is 0 Å². The van der Waals surface area contributed by atoms with Crippen LogP contribution in [-0.2, 0) is 0 Å². The van der Waals surface area contributed by atoms with Gasteiger partial charge in [-0.15, -0.1) is 0 Å². The van der Waals surface area contributed by atoms with E-state index in [4.69, 9.17) is 26.6 Å². The highest BCUT2D eigenvalue weighted by molar-refractivity contribution is 6.33. The Kier molecular flexibility index (Phi) is 3.06. The standard InChI is InChI=1S/C13H14ClN3O2/c1-18-11-6-10(15)9(14)5-8(11)13-16-12(17-19-13)7-3-2-4-7/h5-7H,2-4,15H2,1H3. The molecule has 5 nitrogen and oxygen atoms in total. The first-order valence-corrected chi connectivity index (χ1v) is 6.54. The molecule has 0 unspecified atom stereocenters. The monoisotopic (exact) mass is 279 g/mol. The van der Waals surface area contributed by atoms with Gasteiger partial charge in [0, 0.05) is 12.0 Å². The quantitative estimate of drug-likeness (QED) is 0.873. The molecule has 1 heterocycles. The zero-order chi connectivity index (χ0) is 13.4. The third-order valence-corrected chi connectivity index (χ3v) is 3.79. The van der Waals surface area contributed by atoms with Crippen molar-refractivity contribution < 1.29 is 9.26 Å². The van der Waals surface area contributed by atoms with E-state index >= 15 is 0 Å². The lowest BCUT2D eigenvalue weighted by atomic mass is 9.85. The molecule has 100 valence electrons. The smallest absolute Gasteiger partial charge is 0.261 e. The number of rotatable bonds is 3. The molecule has 0 amide bonds. The number of ether oxygens (including phenoxy) is 1. The Hall–Kier alpha value is -1.75. The Morgan fingerprint density at radius 1 is 1.42 bits per heavy atom. The number of methoxy groups -OCH3 is 1. The first-order valence-electron chi connectivity index (χ1n) is 6.16. The zero-order valence-corrected chi connectivity index (χ0v) is 11.3. The molecule has 1 aliphatic rings. The fraction of sp³-hybridized carbons (Fsp3) is 0.385. The molecular weight excluding hydrogens is 266 g/mol. The largest absolute Gasteiger partial charge is 0.496 e. The Morgan fingerprint density at radius 3 is 2.84 bits per heavy atom. The van der Waals surface area contributed by atoms with Crippen molar-refractivity contribution in [3.05, 3.63) is 23.0 Å². The van der Waals surface area contributed by atoms with Crippen LogP contribution in [0.1, 0.15) is 31.0 Å². The summed E-state index contributed by atoms with van der Waals surface area (Å²) < 4.78 is 10.6. The van der Waals surface area contributed by atoms with Crippen LogP contribution in [0.3, 0.4) is 0 Å². The molecule has 0 atom stereocenters. The lowest BCUT2D eigenvalue weighted by molar-refractivity contribution is 0.365. The molecule has 1 saturated carbocycles. The summed E-state index contributed by atoms with van der Waals surface area (Å²) >= 11 is 6.03. The van der Waals surface area contributed by atoms with Gasteiger partial charge in [-0.05, 0) is 18.9 Å². The minimum absolute atomic E-state index is 0.417. The highest BCUT2D eigenvalue weighted by Gasteiger charge is 2.25. The maximum atomic E-state index is 6.03. The molecular formula is C13H14ClN3O2. The van der Waals surface area contributed by atoms with Crippen LogP contribution < -0.4 is 10.5 Å². The van der Waals surface area contributed by atoms with Crippen molar-refractivity contribution in [2.75, 3.05) is 12.8 Å². The molecule has 0 saturated heterocycles. The number of nitrogen functional groups attached to an aromatic ring is 1. The SMILES string of the molecule is COc1cc(N)c(Cl)cc1-c1nc(C2CCC2)no1. The Morgan fingerprint density at radius 2 is 2.21 bits per heavy atom. The topological polar surface area (TPSA) is 74.2 Å². The van der Waals surface area contributed by atoms with E-state index < -0.39 is 0 Å². The van der Waals surface area contributed by atoms with Crippen molar-refractivity contribution >= 4 is 17.3 Å². The summed E-state index contributed by atoms with van der Waals surface area (Å²) in [4.78, 5) is 4.42. The van der Waals surface area contributed by atoms with Crippen molar-refractivity contribution in [3.63, 3.8) is 0 Å². The van der Waals surface area contributed by atoms with Crippen molar-refractivity contribution in [1.82, 2.24) is 10.1 Å². The molecule has 1 fully saturated rings. The summed E-state index contributed by atoms with van der Waals surface area (Å²) in [6.07, 6.45) is 3.47. The Labute approximate surface area is 115 Å². The van der Waals surface area contributed by atoms with Gasteiger partial charge in [-0.1, -0.05) is 23.2 Å². The number of nitrogens with zero attached hydrogens (tertiary/aromatic N) is 2. The fourth-order valence-electron chi connectivity index (χ4n) is 2.08. The average molecular weight is 280 g/mol. The van der Waals surface area contributed by atoms with Gasteiger partial charge < -0.3 is 15.0 Å². The molecule has 0 bridgehead atoms. The van der Waals surface area contributed by atoms with Crippen LogP contribution in [0.25, 0.3) is 11.5 Å². The highest BCUT2D eigenvalue weighted by atomic mass is 35.5. The lowest BCUT2D eigenvalue weighted by Crippen LogP contribution is -2.10. The Bertz CT molecular complexity index is 608. The van der Waals surface area contributed by atoms with E-state index in [2.05, 4.69) is 10.1 Å². The van der Waals surface area contributed by atoms with Gasteiger partial charge in [0.1, 0.15) is 5.75 Å². The Balaban J connectivity index is 2.00. The van der Waals surface area contributed by atoms with E-state index in [0.717, 1.165) is 18.7 Å². The predicted molar refractivity (Wildman–Crippen MR) is 72.3 cm³/mol. The van der Waals surface area contributed by atoms with Crippen LogP contribution in [-0.4, -0.2) is 17.3 Å². The van der Waals surface area contributed by atoms with Crippen molar-refractivity contribution in [2.24, 2.45) is 0 Å². The molecule has 0 spiro atoms. The highest BCUT2D eigenvalue weighted by Crippen LogP contribution is 2.38. The number of halogens is 1. The summed E-state index contributed by atoms with van der Waals surface area (Å²) in [5.41, 5.74) is 6.87. The summed E-state index contributed by atoms with van der Waals surface area (Å²) in [6.45, 7) is 0. The van der Waals surface area contributed by atoms with Crippen molar-refractivity contribution in [2.45, 2.75) is 25.2 Å². The maximum absolute atomic E-state index is 6.03. The normalized spacial score (nSPS) is 15.3. The second kappa shape index (κ2) is 4.74. The van der Waals surface area contributed by atoms with Crippen LogP contribution in [0.4, 0.5) is 5.69 Å². The van der Waals surface area contributed by atoms with Crippen molar-refractivity contribution in [1.29, 1.82) is 0 Å². The molecule has 3 rings (SSSR count). The van der Waals surface area contributed by atoms with Gasteiger partial charge in [0.2, 0.25) is 0 Å². The minimum Gasteiger partial charge on any atom is -0.496 e. The third kappa shape index (κ3) is 2.14. The lowest BCUT2D eigenvalue weighted by Gasteiger charge is -2.20. The van der Waals surface area contributed by atoms with Gasteiger partial charge >= 0.3 is 0 Å². The molecule has 1 aromatic carbocycles. The van der Waals surface area contributed by atoms with Gasteiger partial charge in [-0.3, -0.25) is 0 Å². The second-order valence-electron chi connectivity index (χ2n) is 4.66. The summed E-state index contributed by atoms with van der Waals surface area (Å²) in [5.74, 6) is 2.18. The van der Waals surface area contributed by atoms with E-state index in [-0.39, 0.29) is 0 Å². The average Bonchev–Trinajstić information content (AvgIpc) is 2.79. The summed E-state index contributed by atoms with van der Waals surface area (Å²) in [7, 11) is 1.56. The molecule has 1 aliphatic carbocycles. The predicted octanol–water partition coefficient (Wildman–Crippen LogP) is 3.25. The van der Waals surface area contributed by atoms with Gasteiger partial charge in [-0.2, -0.15) is 4.98 Å². The zero-order valence-electron chi connectivity index (χ0n) is 10.5. The first-order chi connectivity index (χ1) is 9.19. The van der Waals surface area contributed by atoms with Gasteiger partial charge in [0.05, 0.1) is 23.4 Å². The van der Waals surface area contributed by atoms with E-state index in [1.165, 1.54) is 6.42 Å². The molecule has 2 aromatic rings. The molecule has 19 heavy (non-hydrogen) atoms. The minimum atomic E-state index is 0.417. The van der Waals surface area contributed by atoms with Crippen LogP contribution in [0.2, 0.25) is 5.02 Å². The number of nitrogens with two attached hydrogens (primary N) is 1. The first kappa shape index (κ1) is 12.3. The van der Waals surface area contributed by atoms with Gasteiger partial charge in [-0.25, -0.2) is 0 Å². The van der Waals surface area contributed by atoms with E-state index in [1.54, 1.807) is 19.2 Å². The maximum Gasteiger partial charge on any atom is 0.261 e. The fourth-order valence-corrected chi connectivity index (χ4v) is 2.25.